The quantitative estimate of drug-likeness (QED) is 0.567. The summed E-state index contributed by atoms with van der Waals surface area (Å²) in [4.78, 5) is 11.3. The summed E-state index contributed by atoms with van der Waals surface area (Å²) < 4.78 is 81.4. The molecule has 2 nitrogen and oxygen atoms in total. The molecule has 0 fully saturated rings. The lowest BCUT2D eigenvalue weighted by Gasteiger charge is -2.20. The van der Waals surface area contributed by atoms with Crippen LogP contribution in [0.3, 0.4) is 0 Å². The standard InChI is InChI=1S/C12H9BrF6O2/c1-2-21-9(20)5-6-8(13)4-3-7(11(14,15)16)10(6)12(17,18)19/h3-4H,2,5H2,1H3. The van der Waals surface area contributed by atoms with Crippen molar-refractivity contribution >= 4 is 21.9 Å². The molecule has 9 heteroatoms. The normalized spacial score (nSPS) is 12.4. The minimum atomic E-state index is -5.25. The maximum atomic E-state index is 13.0. The Morgan fingerprint density at radius 3 is 2.14 bits per heavy atom. The summed E-state index contributed by atoms with van der Waals surface area (Å²) in [5.41, 5.74) is -4.51. The lowest BCUT2D eigenvalue weighted by Crippen LogP contribution is -2.21. The molecule has 0 aliphatic carbocycles. The van der Waals surface area contributed by atoms with Gasteiger partial charge in [-0.2, -0.15) is 26.3 Å². The van der Waals surface area contributed by atoms with E-state index in [0.29, 0.717) is 6.07 Å². The van der Waals surface area contributed by atoms with Crippen LogP contribution < -0.4 is 0 Å². The van der Waals surface area contributed by atoms with Crippen LogP contribution in [0.25, 0.3) is 0 Å². The predicted octanol–water partition coefficient (Wildman–Crippen LogP) is 4.59. The van der Waals surface area contributed by atoms with E-state index < -0.39 is 41.4 Å². The Kier molecular flexibility index (Phi) is 5.30. The summed E-state index contributed by atoms with van der Waals surface area (Å²) in [6.07, 6.45) is -11.3. The number of hydrogen-bond acceptors (Lipinski definition) is 2. The van der Waals surface area contributed by atoms with Crippen molar-refractivity contribution in [2.45, 2.75) is 25.7 Å². The minimum Gasteiger partial charge on any atom is -0.466 e. The highest BCUT2D eigenvalue weighted by atomic mass is 79.9. The Hall–Kier alpha value is -1.25. The van der Waals surface area contributed by atoms with Gasteiger partial charge in [-0.05, 0) is 24.6 Å². The maximum absolute atomic E-state index is 13.0. The Balaban J connectivity index is 3.50. The third-order valence-corrected chi connectivity index (χ3v) is 3.21. The van der Waals surface area contributed by atoms with Gasteiger partial charge in [-0.1, -0.05) is 15.9 Å². The average Bonchev–Trinajstić information content (AvgIpc) is 2.28. The van der Waals surface area contributed by atoms with Crippen LogP contribution in [-0.4, -0.2) is 12.6 Å². The van der Waals surface area contributed by atoms with Crippen LogP contribution in [-0.2, 0) is 28.3 Å². The third kappa shape index (κ3) is 4.36. The van der Waals surface area contributed by atoms with Crippen molar-refractivity contribution in [2.75, 3.05) is 6.61 Å². The Bertz CT molecular complexity index is 536. The van der Waals surface area contributed by atoms with Gasteiger partial charge in [-0.15, -0.1) is 0 Å². The first-order chi connectivity index (χ1) is 9.48. The highest BCUT2D eigenvalue weighted by molar-refractivity contribution is 9.10. The van der Waals surface area contributed by atoms with Gasteiger partial charge < -0.3 is 4.74 Å². The number of rotatable bonds is 3. The highest BCUT2D eigenvalue weighted by Gasteiger charge is 2.45. The summed E-state index contributed by atoms with van der Waals surface area (Å²) in [6.45, 7) is 1.35. The molecule has 0 N–H and O–H groups in total. The van der Waals surface area contributed by atoms with Crippen LogP contribution in [0.5, 0.6) is 0 Å². The van der Waals surface area contributed by atoms with E-state index in [2.05, 4.69) is 20.7 Å². The Morgan fingerprint density at radius 2 is 1.71 bits per heavy atom. The van der Waals surface area contributed by atoms with Gasteiger partial charge in [0.1, 0.15) is 0 Å². The van der Waals surface area contributed by atoms with Crippen LogP contribution >= 0.6 is 15.9 Å². The van der Waals surface area contributed by atoms with Gasteiger partial charge in [0.15, 0.2) is 0 Å². The molecule has 21 heavy (non-hydrogen) atoms. The zero-order chi connectivity index (χ0) is 16.4. The van der Waals surface area contributed by atoms with E-state index in [-0.39, 0.29) is 11.1 Å². The first-order valence-corrected chi connectivity index (χ1v) is 6.39. The Labute approximate surface area is 124 Å². The predicted molar refractivity (Wildman–Crippen MR) is 64.5 cm³/mol. The molecule has 1 rings (SSSR count). The molecule has 0 unspecified atom stereocenters. The fourth-order valence-electron chi connectivity index (χ4n) is 1.71. The minimum absolute atomic E-state index is 0.0865. The molecule has 0 heterocycles. The zero-order valence-electron chi connectivity index (χ0n) is 10.5. The van der Waals surface area contributed by atoms with Crippen molar-refractivity contribution < 1.29 is 35.9 Å². The fraction of sp³-hybridized carbons (Fsp3) is 0.417. The zero-order valence-corrected chi connectivity index (χ0v) is 12.1. The number of hydrogen-bond donors (Lipinski definition) is 0. The Morgan fingerprint density at radius 1 is 1.14 bits per heavy atom. The van der Waals surface area contributed by atoms with Crippen molar-refractivity contribution in [3.63, 3.8) is 0 Å². The molecule has 0 radical (unpaired) electrons. The summed E-state index contributed by atoms with van der Waals surface area (Å²) >= 11 is 2.74. The van der Waals surface area contributed by atoms with Gasteiger partial charge in [0.2, 0.25) is 0 Å². The molecule has 0 aromatic heterocycles. The van der Waals surface area contributed by atoms with Crippen LogP contribution in [0.1, 0.15) is 23.6 Å². The van der Waals surface area contributed by atoms with Crippen LogP contribution in [0.4, 0.5) is 26.3 Å². The second-order valence-corrected chi connectivity index (χ2v) is 4.78. The molecule has 0 aliphatic rings. The molecule has 0 saturated carbocycles. The topological polar surface area (TPSA) is 26.3 Å². The molecule has 0 spiro atoms. The van der Waals surface area contributed by atoms with Crippen LogP contribution in [0.2, 0.25) is 0 Å². The maximum Gasteiger partial charge on any atom is 0.417 e. The van der Waals surface area contributed by atoms with Gasteiger partial charge in [0.05, 0.1) is 24.2 Å². The number of carbonyl (C=O) groups is 1. The van der Waals surface area contributed by atoms with E-state index in [4.69, 9.17) is 0 Å². The molecule has 1 aromatic rings. The third-order valence-electron chi connectivity index (χ3n) is 2.47. The monoisotopic (exact) mass is 378 g/mol. The molecule has 0 bridgehead atoms. The second kappa shape index (κ2) is 6.25. The van der Waals surface area contributed by atoms with Crippen LogP contribution in [0.15, 0.2) is 16.6 Å². The van der Waals surface area contributed by atoms with Crippen molar-refractivity contribution in [2.24, 2.45) is 0 Å². The van der Waals surface area contributed by atoms with E-state index in [1.165, 1.54) is 6.92 Å². The van der Waals surface area contributed by atoms with E-state index in [0.717, 1.165) is 6.07 Å². The van der Waals surface area contributed by atoms with Crippen LogP contribution in [0, 0.1) is 0 Å². The number of carbonyl (C=O) groups excluding carboxylic acids is 1. The smallest absolute Gasteiger partial charge is 0.417 e. The van der Waals surface area contributed by atoms with Gasteiger partial charge in [0.25, 0.3) is 0 Å². The number of benzene rings is 1. The highest BCUT2D eigenvalue weighted by Crippen LogP contribution is 2.44. The van der Waals surface area contributed by atoms with Gasteiger partial charge in [-0.3, -0.25) is 4.79 Å². The van der Waals surface area contributed by atoms with Gasteiger partial charge in [-0.25, -0.2) is 0 Å². The first-order valence-electron chi connectivity index (χ1n) is 5.59. The van der Waals surface area contributed by atoms with E-state index in [1.54, 1.807) is 0 Å². The summed E-state index contributed by atoms with van der Waals surface area (Å²) in [6, 6.07) is 1.15. The lowest BCUT2D eigenvalue weighted by atomic mass is 9.97. The second-order valence-electron chi connectivity index (χ2n) is 3.93. The summed E-state index contributed by atoms with van der Waals surface area (Å²) in [5, 5.41) is 0. The molecule has 0 atom stereocenters. The number of esters is 1. The molecule has 0 saturated heterocycles. The molecule has 0 amide bonds. The van der Waals surface area contributed by atoms with Crippen molar-refractivity contribution in [3.8, 4) is 0 Å². The molecule has 118 valence electrons. The van der Waals surface area contributed by atoms with Crippen molar-refractivity contribution in [1.29, 1.82) is 0 Å². The van der Waals surface area contributed by atoms with E-state index >= 15 is 0 Å². The van der Waals surface area contributed by atoms with Gasteiger partial charge >= 0.3 is 18.3 Å². The van der Waals surface area contributed by atoms with E-state index in [9.17, 15) is 31.1 Å². The lowest BCUT2D eigenvalue weighted by molar-refractivity contribution is -0.162. The number of alkyl halides is 6. The molecular formula is C12H9BrF6O2. The SMILES string of the molecule is CCOC(=O)Cc1c(Br)ccc(C(F)(F)F)c1C(F)(F)F. The van der Waals surface area contributed by atoms with Gasteiger partial charge in [0, 0.05) is 4.47 Å². The summed E-state index contributed by atoms with van der Waals surface area (Å²) in [7, 11) is 0. The molecule has 0 aliphatic heterocycles. The van der Waals surface area contributed by atoms with Crippen molar-refractivity contribution in [1.82, 2.24) is 0 Å². The largest absolute Gasteiger partial charge is 0.466 e. The first kappa shape index (κ1) is 17.8. The average molecular weight is 379 g/mol. The number of halogens is 7. The summed E-state index contributed by atoms with van der Waals surface area (Å²) in [5.74, 6) is -1.04. The fourth-order valence-corrected chi connectivity index (χ4v) is 2.18. The van der Waals surface area contributed by atoms with Crippen molar-refractivity contribution in [3.05, 3.63) is 33.3 Å². The molecule has 1 aromatic carbocycles. The molecular weight excluding hydrogens is 370 g/mol. The number of ether oxygens (including phenoxy) is 1. The van der Waals surface area contributed by atoms with E-state index in [1.807, 2.05) is 0 Å².